The lowest BCUT2D eigenvalue weighted by Crippen LogP contribution is -2.25. The first kappa shape index (κ1) is 15.2. The highest BCUT2D eigenvalue weighted by atomic mass is 32.1. The van der Waals surface area contributed by atoms with Crippen molar-refractivity contribution < 1.29 is 5.11 Å². The third-order valence-corrected chi connectivity index (χ3v) is 4.31. The van der Waals surface area contributed by atoms with Crippen molar-refractivity contribution >= 4 is 34.9 Å². The van der Waals surface area contributed by atoms with Gasteiger partial charge in [0.05, 0.1) is 5.69 Å². The highest BCUT2D eigenvalue weighted by molar-refractivity contribution is 7.71. The van der Waals surface area contributed by atoms with Crippen LogP contribution in [0.15, 0.2) is 52.3 Å². The second-order valence-electron chi connectivity index (χ2n) is 5.20. The normalized spacial score (nSPS) is 11.4. The molecule has 0 fully saturated rings. The van der Waals surface area contributed by atoms with Crippen LogP contribution in [0.3, 0.4) is 0 Å². The van der Waals surface area contributed by atoms with E-state index in [9.17, 15) is 9.90 Å². The molecule has 0 aliphatic rings. The first-order valence-electron chi connectivity index (χ1n) is 7.01. The van der Waals surface area contributed by atoms with Crippen molar-refractivity contribution in [1.82, 2.24) is 9.13 Å². The number of nitrogens with zero attached hydrogens (tertiary/aromatic N) is 3. The zero-order chi connectivity index (χ0) is 16.6. The Morgan fingerprint density at radius 3 is 2.57 bits per heavy atom. The second kappa shape index (κ2) is 5.81. The largest absolute Gasteiger partial charge is 0.494 e. The van der Waals surface area contributed by atoms with Crippen molar-refractivity contribution in [1.29, 1.82) is 0 Å². The number of fused-ring (bicyclic) bond motifs is 1. The maximum absolute atomic E-state index is 12.3. The number of hydrogen-bond donors (Lipinski definition) is 1. The van der Waals surface area contributed by atoms with Gasteiger partial charge in [0, 0.05) is 25.7 Å². The molecule has 0 saturated heterocycles. The van der Waals surface area contributed by atoms with Gasteiger partial charge < -0.3 is 5.11 Å². The van der Waals surface area contributed by atoms with Crippen molar-refractivity contribution in [2.24, 2.45) is 19.1 Å². The van der Waals surface area contributed by atoms with E-state index in [1.54, 1.807) is 14.1 Å². The van der Waals surface area contributed by atoms with Crippen LogP contribution in [0.25, 0.3) is 10.8 Å². The van der Waals surface area contributed by atoms with Crippen LogP contribution >= 0.6 is 12.2 Å². The highest BCUT2D eigenvalue weighted by Crippen LogP contribution is 2.25. The lowest BCUT2D eigenvalue weighted by Gasteiger charge is -2.09. The summed E-state index contributed by atoms with van der Waals surface area (Å²) in [6.45, 7) is 0. The van der Waals surface area contributed by atoms with E-state index in [1.807, 2.05) is 42.5 Å². The summed E-state index contributed by atoms with van der Waals surface area (Å²) < 4.78 is 2.93. The molecule has 2 aromatic carbocycles. The molecular weight excluding hydrogens is 310 g/mol. The zero-order valence-corrected chi connectivity index (χ0v) is 13.5. The Morgan fingerprint density at radius 2 is 1.78 bits per heavy atom. The summed E-state index contributed by atoms with van der Waals surface area (Å²) in [6.07, 6.45) is 1.38. The summed E-state index contributed by atoms with van der Waals surface area (Å²) in [5, 5.41) is 12.2. The second-order valence-corrected chi connectivity index (χ2v) is 5.56. The van der Waals surface area contributed by atoms with Gasteiger partial charge in [0.1, 0.15) is 5.56 Å². The van der Waals surface area contributed by atoms with E-state index in [1.165, 1.54) is 15.3 Å². The van der Waals surface area contributed by atoms with Crippen LogP contribution in [0.2, 0.25) is 0 Å². The highest BCUT2D eigenvalue weighted by Gasteiger charge is 2.11. The van der Waals surface area contributed by atoms with E-state index in [2.05, 4.69) is 4.99 Å². The monoisotopic (exact) mass is 325 g/mol. The van der Waals surface area contributed by atoms with Gasteiger partial charge in [-0.15, -0.1) is 0 Å². The average Bonchev–Trinajstić information content (AvgIpc) is 2.58. The summed E-state index contributed by atoms with van der Waals surface area (Å²) in [5.41, 5.74) is 0.459. The van der Waals surface area contributed by atoms with E-state index >= 15 is 0 Å². The molecule has 1 aromatic heterocycles. The molecule has 0 spiro atoms. The van der Waals surface area contributed by atoms with E-state index in [4.69, 9.17) is 12.2 Å². The lowest BCUT2D eigenvalue weighted by atomic mass is 10.1. The first-order chi connectivity index (χ1) is 11.0. The van der Waals surface area contributed by atoms with Crippen LogP contribution in [0.5, 0.6) is 5.88 Å². The molecule has 3 rings (SSSR count). The van der Waals surface area contributed by atoms with Crippen molar-refractivity contribution in [2.75, 3.05) is 0 Å². The Kier molecular flexibility index (Phi) is 3.83. The van der Waals surface area contributed by atoms with Crippen LogP contribution in [-0.4, -0.2) is 20.5 Å². The van der Waals surface area contributed by atoms with Gasteiger partial charge in [-0.3, -0.25) is 18.9 Å². The molecule has 0 saturated carbocycles. The van der Waals surface area contributed by atoms with Crippen molar-refractivity contribution in [3.05, 3.63) is 63.2 Å². The molecule has 0 aliphatic carbocycles. The maximum Gasteiger partial charge on any atom is 0.266 e. The van der Waals surface area contributed by atoms with Gasteiger partial charge in [0.2, 0.25) is 5.88 Å². The smallest absolute Gasteiger partial charge is 0.266 e. The molecule has 6 heteroatoms. The van der Waals surface area contributed by atoms with Gasteiger partial charge in [0.15, 0.2) is 4.77 Å². The molecule has 23 heavy (non-hydrogen) atoms. The van der Waals surface area contributed by atoms with Crippen molar-refractivity contribution in [3.63, 3.8) is 0 Å². The molecule has 0 amide bonds. The fourth-order valence-electron chi connectivity index (χ4n) is 2.43. The summed E-state index contributed by atoms with van der Waals surface area (Å²) in [4.78, 5) is 16.7. The topological polar surface area (TPSA) is 59.5 Å². The van der Waals surface area contributed by atoms with Gasteiger partial charge in [-0.2, -0.15) is 0 Å². The molecular formula is C17H15N3O2S. The van der Waals surface area contributed by atoms with E-state index in [0.717, 1.165) is 16.5 Å². The Hall–Kier alpha value is -2.73. The van der Waals surface area contributed by atoms with Crippen LogP contribution < -0.4 is 5.56 Å². The van der Waals surface area contributed by atoms with Crippen LogP contribution in [0.4, 0.5) is 5.69 Å². The number of rotatable bonds is 2. The number of benzene rings is 2. The van der Waals surface area contributed by atoms with Crippen molar-refractivity contribution in [2.45, 2.75) is 0 Å². The predicted octanol–water partition coefficient (Wildman–Crippen LogP) is 3.06. The van der Waals surface area contributed by atoms with Crippen LogP contribution in [-0.2, 0) is 14.1 Å². The molecule has 0 aliphatic heterocycles. The van der Waals surface area contributed by atoms with Gasteiger partial charge in [-0.25, -0.2) is 0 Å². The van der Waals surface area contributed by atoms with Gasteiger partial charge in [0.25, 0.3) is 5.56 Å². The summed E-state index contributed by atoms with van der Waals surface area (Å²) >= 11 is 5.09. The van der Waals surface area contributed by atoms with Crippen LogP contribution in [0.1, 0.15) is 5.56 Å². The summed E-state index contributed by atoms with van der Waals surface area (Å²) in [6, 6.07) is 13.6. The van der Waals surface area contributed by atoms with E-state index < -0.39 is 0 Å². The SMILES string of the molecule is Cn1c(O)c(C=Nc2cccc3ccccc23)c(=O)n(C)c1=S. The molecule has 1 N–H and O–H groups in total. The number of aliphatic imine (C=N–C) groups is 1. The minimum absolute atomic E-state index is 0.108. The van der Waals surface area contributed by atoms with Gasteiger partial charge in [-0.1, -0.05) is 36.4 Å². The molecule has 3 aromatic rings. The molecule has 1 heterocycles. The third-order valence-electron chi connectivity index (χ3n) is 3.77. The number of aromatic hydroxyl groups is 1. The molecule has 0 bridgehead atoms. The molecule has 0 radical (unpaired) electrons. The number of hydrogen-bond acceptors (Lipinski definition) is 4. The predicted molar refractivity (Wildman–Crippen MR) is 94.4 cm³/mol. The van der Waals surface area contributed by atoms with Gasteiger partial charge in [-0.05, 0) is 23.7 Å². The molecule has 5 nitrogen and oxygen atoms in total. The lowest BCUT2D eigenvalue weighted by molar-refractivity contribution is 0.415. The Morgan fingerprint density at radius 1 is 1.09 bits per heavy atom. The fourth-order valence-corrected chi connectivity index (χ4v) is 2.60. The van der Waals surface area contributed by atoms with E-state index in [-0.39, 0.29) is 21.8 Å². The molecule has 0 unspecified atom stereocenters. The van der Waals surface area contributed by atoms with Crippen LogP contribution in [0, 0.1) is 4.77 Å². The quantitative estimate of drug-likeness (QED) is 0.582. The zero-order valence-electron chi connectivity index (χ0n) is 12.7. The summed E-state index contributed by atoms with van der Waals surface area (Å²) in [5.74, 6) is -0.193. The minimum atomic E-state index is -0.380. The third kappa shape index (κ3) is 2.57. The van der Waals surface area contributed by atoms with E-state index in [0.29, 0.717) is 0 Å². The first-order valence-corrected chi connectivity index (χ1v) is 7.42. The Bertz CT molecular complexity index is 1040. The minimum Gasteiger partial charge on any atom is -0.494 e. The van der Waals surface area contributed by atoms with Crippen molar-refractivity contribution in [3.8, 4) is 5.88 Å². The average molecular weight is 325 g/mol. The summed E-state index contributed by atoms with van der Waals surface area (Å²) in [7, 11) is 3.17. The number of aromatic nitrogens is 2. The maximum atomic E-state index is 12.3. The Labute approximate surface area is 137 Å². The molecule has 116 valence electrons. The molecule has 0 atom stereocenters. The fraction of sp³-hybridized carbons (Fsp3) is 0.118. The van der Waals surface area contributed by atoms with Gasteiger partial charge >= 0.3 is 0 Å². The standard InChI is InChI=1S/C17H15N3O2S/c1-19-15(21)13(16(22)20(2)17(19)23)10-18-14-9-5-7-11-6-3-4-8-12(11)14/h3-10,21H,1-2H3. The Balaban J connectivity index is 2.18.